The second-order valence-corrected chi connectivity index (χ2v) is 8.48. The number of nitrogens with zero attached hydrogens (tertiary/aromatic N) is 1. The Bertz CT molecular complexity index is 893. The molecule has 0 atom stereocenters. The van der Waals surface area contributed by atoms with Crippen LogP contribution in [0.2, 0.25) is 0 Å². The number of amides is 1. The lowest BCUT2D eigenvalue weighted by Gasteiger charge is -2.24. The predicted octanol–water partition coefficient (Wildman–Crippen LogP) is 2.57. The maximum absolute atomic E-state index is 12.2. The molecule has 0 aliphatic rings. The van der Waals surface area contributed by atoms with Crippen molar-refractivity contribution in [2.45, 2.75) is 20.8 Å². The molecule has 0 fully saturated rings. The zero-order chi connectivity index (χ0) is 20.0. The predicted molar refractivity (Wildman–Crippen MR) is 108 cm³/mol. The highest BCUT2D eigenvalue weighted by Crippen LogP contribution is 2.23. The zero-order valence-electron chi connectivity index (χ0n) is 16.2. The first kappa shape index (κ1) is 20.8. The van der Waals surface area contributed by atoms with Crippen LogP contribution < -0.4 is 14.4 Å². The molecule has 0 heterocycles. The summed E-state index contributed by atoms with van der Waals surface area (Å²) in [5, 5.41) is 2.70. The molecule has 0 spiro atoms. The molecule has 0 radical (unpaired) electrons. The molecule has 0 aliphatic carbocycles. The Morgan fingerprint density at radius 3 is 2.26 bits per heavy atom. The van der Waals surface area contributed by atoms with Crippen LogP contribution in [0.25, 0.3) is 0 Å². The normalized spacial score (nSPS) is 11.1. The molecule has 27 heavy (non-hydrogen) atoms. The number of benzene rings is 2. The van der Waals surface area contributed by atoms with Crippen LogP contribution in [-0.4, -0.2) is 40.3 Å². The maximum atomic E-state index is 12.2. The molecule has 2 rings (SSSR count). The van der Waals surface area contributed by atoms with E-state index in [1.54, 1.807) is 18.2 Å². The van der Waals surface area contributed by atoms with Gasteiger partial charge in [-0.3, -0.25) is 9.10 Å². The molecule has 1 amide bonds. The lowest BCUT2D eigenvalue weighted by atomic mass is 10.1. The van der Waals surface area contributed by atoms with E-state index in [2.05, 4.69) is 5.32 Å². The highest BCUT2D eigenvalue weighted by atomic mass is 32.2. The van der Waals surface area contributed by atoms with E-state index in [0.29, 0.717) is 11.4 Å². The number of nitrogens with one attached hydrogen (secondary N) is 1. The number of aryl methyl sites for hydroxylation is 3. The van der Waals surface area contributed by atoms with Crippen molar-refractivity contribution in [3.8, 4) is 5.75 Å². The van der Waals surface area contributed by atoms with Crippen molar-refractivity contribution in [1.82, 2.24) is 5.32 Å². The third-order valence-electron chi connectivity index (χ3n) is 4.05. The van der Waals surface area contributed by atoms with E-state index in [0.717, 1.165) is 22.9 Å². The Morgan fingerprint density at radius 1 is 1.04 bits per heavy atom. The molecule has 2 aromatic carbocycles. The molecule has 0 bridgehead atoms. The lowest BCUT2D eigenvalue weighted by molar-refractivity contribution is -0.123. The maximum Gasteiger partial charge on any atom is 0.258 e. The van der Waals surface area contributed by atoms with Crippen LogP contribution in [0.5, 0.6) is 5.75 Å². The molecule has 7 heteroatoms. The Hall–Kier alpha value is -2.54. The van der Waals surface area contributed by atoms with Crippen molar-refractivity contribution < 1.29 is 17.9 Å². The topological polar surface area (TPSA) is 75.7 Å². The number of anilines is 1. The largest absolute Gasteiger partial charge is 0.484 e. The van der Waals surface area contributed by atoms with Gasteiger partial charge in [0.15, 0.2) is 6.61 Å². The molecule has 0 aliphatic heterocycles. The first-order valence-corrected chi connectivity index (χ1v) is 10.5. The van der Waals surface area contributed by atoms with Crippen molar-refractivity contribution in [2.75, 3.05) is 30.3 Å². The van der Waals surface area contributed by atoms with Gasteiger partial charge in [0, 0.05) is 6.54 Å². The molecule has 6 nitrogen and oxygen atoms in total. The molecular formula is C20H26N2O4S. The van der Waals surface area contributed by atoms with E-state index < -0.39 is 10.0 Å². The smallest absolute Gasteiger partial charge is 0.258 e. The average Bonchev–Trinajstić information content (AvgIpc) is 2.58. The summed E-state index contributed by atoms with van der Waals surface area (Å²) >= 11 is 0. The Balaban J connectivity index is 1.91. The van der Waals surface area contributed by atoms with Crippen molar-refractivity contribution in [3.05, 3.63) is 59.2 Å². The average molecular weight is 391 g/mol. The van der Waals surface area contributed by atoms with Crippen LogP contribution >= 0.6 is 0 Å². The van der Waals surface area contributed by atoms with E-state index in [1.165, 1.54) is 4.31 Å². The minimum atomic E-state index is -3.46. The van der Waals surface area contributed by atoms with Gasteiger partial charge in [-0.25, -0.2) is 8.42 Å². The molecule has 0 saturated carbocycles. The Labute approximate surface area is 161 Å². The second-order valence-electron chi connectivity index (χ2n) is 6.58. The van der Waals surface area contributed by atoms with Crippen LogP contribution in [0.1, 0.15) is 16.7 Å². The van der Waals surface area contributed by atoms with Gasteiger partial charge in [0.05, 0.1) is 18.5 Å². The highest BCUT2D eigenvalue weighted by molar-refractivity contribution is 7.92. The fourth-order valence-corrected chi connectivity index (χ4v) is 3.67. The summed E-state index contributed by atoms with van der Waals surface area (Å²) in [5.41, 5.74) is 3.66. The summed E-state index contributed by atoms with van der Waals surface area (Å²) < 4.78 is 31.1. The number of rotatable bonds is 8. The molecule has 1 N–H and O–H groups in total. The first-order chi connectivity index (χ1) is 12.7. The Morgan fingerprint density at radius 2 is 1.67 bits per heavy atom. The monoisotopic (exact) mass is 390 g/mol. The number of hydrogen-bond donors (Lipinski definition) is 1. The van der Waals surface area contributed by atoms with Crippen molar-refractivity contribution in [3.63, 3.8) is 0 Å². The Kier molecular flexibility index (Phi) is 6.85. The van der Waals surface area contributed by atoms with Gasteiger partial charge in [-0.2, -0.15) is 0 Å². The number of sulfonamides is 1. The van der Waals surface area contributed by atoms with E-state index in [9.17, 15) is 13.2 Å². The fraction of sp³-hybridized carbons (Fsp3) is 0.350. The summed E-state index contributed by atoms with van der Waals surface area (Å²) in [7, 11) is -3.46. The van der Waals surface area contributed by atoms with E-state index >= 15 is 0 Å². The number of hydrogen-bond acceptors (Lipinski definition) is 4. The van der Waals surface area contributed by atoms with Crippen molar-refractivity contribution in [2.24, 2.45) is 0 Å². The summed E-state index contributed by atoms with van der Waals surface area (Å²) in [4.78, 5) is 12.0. The van der Waals surface area contributed by atoms with Crippen molar-refractivity contribution in [1.29, 1.82) is 0 Å². The summed E-state index contributed by atoms with van der Waals surface area (Å²) in [5.74, 6) is 0.313. The van der Waals surface area contributed by atoms with Crippen LogP contribution in [0, 0.1) is 20.8 Å². The van der Waals surface area contributed by atoms with Gasteiger partial charge in [0.25, 0.3) is 5.91 Å². The summed E-state index contributed by atoms with van der Waals surface area (Å²) in [6.45, 7) is 6.02. The second kappa shape index (κ2) is 8.90. The molecule has 2 aromatic rings. The van der Waals surface area contributed by atoms with Gasteiger partial charge in [-0.1, -0.05) is 35.4 Å². The fourth-order valence-electron chi connectivity index (χ4n) is 2.68. The first-order valence-electron chi connectivity index (χ1n) is 8.68. The van der Waals surface area contributed by atoms with Crippen LogP contribution in [-0.2, 0) is 14.8 Å². The SMILES string of the molecule is Cc1ccc(OCC(=O)NCCN(c2ccc(C)cc2C)S(C)(=O)=O)cc1. The van der Waals surface area contributed by atoms with E-state index in [-0.39, 0.29) is 25.6 Å². The molecule has 146 valence electrons. The molecule has 0 aromatic heterocycles. The van der Waals surface area contributed by atoms with Crippen LogP contribution in [0.3, 0.4) is 0 Å². The van der Waals surface area contributed by atoms with Crippen molar-refractivity contribution >= 4 is 21.6 Å². The number of carbonyl (C=O) groups is 1. The number of carbonyl (C=O) groups excluding carboxylic acids is 1. The van der Waals surface area contributed by atoms with Gasteiger partial charge in [-0.15, -0.1) is 0 Å². The van der Waals surface area contributed by atoms with E-state index in [4.69, 9.17) is 4.74 Å². The summed E-state index contributed by atoms with van der Waals surface area (Å²) in [6, 6.07) is 13.0. The van der Waals surface area contributed by atoms with Gasteiger partial charge >= 0.3 is 0 Å². The van der Waals surface area contributed by atoms with Crippen LogP contribution in [0.4, 0.5) is 5.69 Å². The standard InChI is InChI=1S/C20H26N2O4S/c1-15-5-8-18(9-6-15)26-14-20(23)21-11-12-22(27(4,24)25)19-10-7-16(2)13-17(19)3/h5-10,13H,11-12,14H2,1-4H3,(H,21,23). The van der Waals surface area contributed by atoms with Crippen LogP contribution in [0.15, 0.2) is 42.5 Å². The highest BCUT2D eigenvalue weighted by Gasteiger charge is 2.19. The number of ether oxygens (including phenoxy) is 1. The van der Waals surface area contributed by atoms with Gasteiger partial charge in [0.1, 0.15) is 5.75 Å². The molecular weight excluding hydrogens is 364 g/mol. The lowest BCUT2D eigenvalue weighted by Crippen LogP contribution is -2.39. The zero-order valence-corrected chi connectivity index (χ0v) is 17.0. The van der Waals surface area contributed by atoms with E-state index in [1.807, 2.05) is 45.0 Å². The van der Waals surface area contributed by atoms with Gasteiger partial charge < -0.3 is 10.1 Å². The van der Waals surface area contributed by atoms with Gasteiger partial charge in [0.2, 0.25) is 10.0 Å². The molecule has 0 saturated heterocycles. The third kappa shape index (κ3) is 6.29. The minimum absolute atomic E-state index is 0.120. The minimum Gasteiger partial charge on any atom is -0.484 e. The quantitative estimate of drug-likeness (QED) is 0.752. The molecule has 0 unspecified atom stereocenters. The van der Waals surface area contributed by atoms with Gasteiger partial charge in [-0.05, 0) is 44.5 Å². The third-order valence-corrected chi connectivity index (χ3v) is 5.23. The summed E-state index contributed by atoms with van der Waals surface area (Å²) in [6.07, 6.45) is 1.16.